The van der Waals surface area contributed by atoms with E-state index >= 15 is 0 Å². The van der Waals surface area contributed by atoms with Crippen LogP contribution in [0.2, 0.25) is 0 Å². The summed E-state index contributed by atoms with van der Waals surface area (Å²) in [6.45, 7) is 1.67. The SMILES string of the molecule is CC(=O)c1cc(Br)ccc1SCCO. The zero-order valence-electron chi connectivity index (χ0n) is 7.79. The van der Waals surface area contributed by atoms with Gasteiger partial charge in [0.15, 0.2) is 5.78 Å². The first kappa shape index (κ1) is 11.8. The average Bonchev–Trinajstić information content (AvgIpc) is 2.15. The van der Waals surface area contributed by atoms with E-state index in [-0.39, 0.29) is 12.4 Å². The van der Waals surface area contributed by atoms with Gasteiger partial charge in [0.05, 0.1) is 6.61 Å². The van der Waals surface area contributed by atoms with E-state index in [1.165, 1.54) is 11.8 Å². The highest BCUT2D eigenvalue weighted by molar-refractivity contribution is 9.10. The van der Waals surface area contributed by atoms with Crippen molar-refractivity contribution in [1.29, 1.82) is 0 Å². The van der Waals surface area contributed by atoms with Crippen LogP contribution in [0.5, 0.6) is 0 Å². The van der Waals surface area contributed by atoms with E-state index < -0.39 is 0 Å². The number of aliphatic hydroxyl groups excluding tert-OH is 1. The number of carbonyl (C=O) groups excluding carboxylic acids is 1. The van der Waals surface area contributed by atoms with Crippen LogP contribution in [0.25, 0.3) is 0 Å². The van der Waals surface area contributed by atoms with Gasteiger partial charge >= 0.3 is 0 Å². The van der Waals surface area contributed by atoms with Crippen LogP contribution in [0.4, 0.5) is 0 Å². The minimum Gasteiger partial charge on any atom is -0.396 e. The first-order valence-corrected chi connectivity index (χ1v) is 5.97. The standard InChI is InChI=1S/C10H11BrO2S/c1-7(13)9-6-8(11)2-3-10(9)14-5-4-12/h2-3,6,12H,4-5H2,1H3. The Balaban J connectivity index is 2.96. The molecule has 0 aliphatic heterocycles. The van der Waals surface area contributed by atoms with Crippen molar-refractivity contribution in [3.05, 3.63) is 28.2 Å². The lowest BCUT2D eigenvalue weighted by Crippen LogP contribution is -1.96. The molecular weight excluding hydrogens is 264 g/mol. The first-order chi connectivity index (χ1) is 6.65. The molecule has 0 amide bonds. The number of hydrogen-bond acceptors (Lipinski definition) is 3. The van der Waals surface area contributed by atoms with Crippen LogP contribution in [0, 0.1) is 0 Å². The molecule has 1 aromatic carbocycles. The monoisotopic (exact) mass is 274 g/mol. The lowest BCUT2D eigenvalue weighted by atomic mass is 10.1. The molecule has 0 saturated heterocycles. The molecule has 0 atom stereocenters. The lowest BCUT2D eigenvalue weighted by molar-refractivity contribution is 0.101. The molecule has 76 valence electrons. The molecule has 2 nitrogen and oxygen atoms in total. The Hall–Kier alpha value is -0.320. The molecule has 0 aliphatic rings. The summed E-state index contributed by atoms with van der Waals surface area (Å²) in [5.74, 6) is 0.661. The molecule has 0 spiro atoms. The molecule has 1 N–H and O–H groups in total. The van der Waals surface area contributed by atoms with Crippen molar-refractivity contribution in [2.45, 2.75) is 11.8 Å². The third kappa shape index (κ3) is 3.12. The van der Waals surface area contributed by atoms with Gasteiger partial charge in [0.1, 0.15) is 0 Å². The van der Waals surface area contributed by atoms with Gasteiger partial charge in [-0.05, 0) is 25.1 Å². The molecule has 1 rings (SSSR count). The molecule has 14 heavy (non-hydrogen) atoms. The molecule has 4 heteroatoms. The molecule has 0 aliphatic carbocycles. The van der Waals surface area contributed by atoms with Crippen molar-refractivity contribution in [2.75, 3.05) is 12.4 Å². The second-order valence-electron chi connectivity index (χ2n) is 2.77. The Kier molecular flexibility index (Phi) is 4.65. The Morgan fingerprint density at radius 3 is 2.86 bits per heavy atom. The van der Waals surface area contributed by atoms with Crippen LogP contribution >= 0.6 is 27.7 Å². The van der Waals surface area contributed by atoms with Crippen molar-refractivity contribution in [3.8, 4) is 0 Å². The van der Waals surface area contributed by atoms with E-state index in [1.54, 1.807) is 6.92 Å². The zero-order chi connectivity index (χ0) is 10.6. The third-order valence-corrected chi connectivity index (χ3v) is 3.22. The van der Waals surface area contributed by atoms with Gasteiger partial charge < -0.3 is 5.11 Å². The fraction of sp³-hybridized carbons (Fsp3) is 0.300. The van der Waals surface area contributed by atoms with Crippen LogP contribution in [0.1, 0.15) is 17.3 Å². The summed E-state index contributed by atoms with van der Waals surface area (Å²) in [5, 5.41) is 8.70. The second-order valence-corrected chi connectivity index (χ2v) is 4.82. The van der Waals surface area contributed by atoms with Crippen molar-refractivity contribution >= 4 is 33.5 Å². The molecule has 0 heterocycles. The Bertz CT molecular complexity index is 339. The summed E-state index contributed by atoms with van der Waals surface area (Å²) in [6.07, 6.45) is 0. The number of aliphatic hydroxyl groups is 1. The van der Waals surface area contributed by atoms with E-state index in [9.17, 15) is 4.79 Å². The maximum absolute atomic E-state index is 11.3. The number of rotatable bonds is 4. The summed E-state index contributed by atoms with van der Waals surface area (Å²) < 4.78 is 0.899. The molecule has 0 bridgehead atoms. The van der Waals surface area contributed by atoms with Gasteiger partial charge in [-0.25, -0.2) is 0 Å². The number of ketones is 1. The number of thioether (sulfide) groups is 1. The summed E-state index contributed by atoms with van der Waals surface area (Å²) in [4.78, 5) is 12.2. The second kappa shape index (κ2) is 5.53. The molecular formula is C10H11BrO2S. The molecule has 1 aromatic rings. The largest absolute Gasteiger partial charge is 0.396 e. The number of benzene rings is 1. The Morgan fingerprint density at radius 2 is 2.29 bits per heavy atom. The van der Waals surface area contributed by atoms with Gasteiger partial charge in [0.2, 0.25) is 0 Å². The topological polar surface area (TPSA) is 37.3 Å². The van der Waals surface area contributed by atoms with Gasteiger partial charge in [0, 0.05) is 20.7 Å². The van der Waals surface area contributed by atoms with Gasteiger partial charge in [-0.2, -0.15) is 0 Å². The average molecular weight is 275 g/mol. The Labute approximate surface area is 95.8 Å². The van der Waals surface area contributed by atoms with Crippen molar-refractivity contribution < 1.29 is 9.90 Å². The van der Waals surface area contributed by atoms with Gasteiger partial charge in [-0.1, -0.05) is 15.9 Å². The third-order valence-electron chi connectivity index (χ3n) is 1.67. The van der Waals surface area contributed by atoms with E-state index in [0.29, 0.717) is 11.3 Å². The van der Waals surface area contributed by atoms with Crippen molar-refractivity contribution in [3.63, 3.8) is 0 Å². The lowest BCUT2D eigenvalue weighted by Gasteiger charge is -2.05. The summed E-state index contributed by atoms with van der Waals surface area (Å²) >= 11 is 4.81. The minimum atomic E-state index is 0.0479. The Morgan fingerprint density at radius 1 is 1.57 bits per heavy atom. The van der Waals surface area contributed by atoms with Crippen LogP contribution in [-0.4, -0.2) is 23.2 Å². The fourth-order valence-electron chi connectivity index (χ4n) is 1.06. The van der Waals surface area contributed by atoms with Crippen LogP contribution in [-0.2, 0) is 0 Å². The van der Waals surface area contributed by atoms with Gasteiger partial charge in [-0.15, -0.1) is 11.8 Å². The molecule has 0 aromatic heterocycles. The van der Waals surface area contributed by atoms with Crippen LogP contribution in [0.3, 0.4) is 0 Å². The number of hydrogen-bond donors (Lipinski definition) is 1. The summed E-state index contributed by atoms with van der Waals surface area (Å²) in [7, 11) is 0. The minimum absolute atomic E-state index is 0.0479. The summed E-state index contributed by atoms with van der Waals surface area (Å²) in [6, 6.07) is 5.59. The number of Topliss-reactive ketones (excluding diaryl/α,β-unsaturated/α-hetero) is 1. The van der Waals surface area contributed by atoms with E-state index in [1.807, 2.05) is 18.2 Å². The quantitative estimate of drug-likeness (QED) is 0.678. The fourth-order valence-corrected chi connectivity index (χ4v) is 2.25. The van der Waals surface area contributed by atoms with Crippen molar-refractivity contribution in [1.82, 2.24) is 0 Å². The van der Waals surface area contributed by atoms with Crippen LogP contribution in [0.15, 0.2) is 27.6 Å². The number of halogens is 1. The van der Waals surface area contributed by atoms with Crippen molar-refractivity contribution in [2.24, 2.45) is 0 Å². The number of carbonyl (C=O) groups is 1. The van der Waals surface area contributed by atoms with E-state index in [4.69, 9.17) is 5.11 Å². The van der Waals surface area contributed by atoms with Gasteiger partial charge in [0.25, 0.3) is 0 Å². The van der Waals surface area contributed by atoms with Crippen LogP contribution < -0.4 is 0 Å². The van der Waals surface area contributed by atoms with E-state index in [0.717, 1.165) is 9.37 Å². The highest BCUT2D eigenvalue weighted by Crippen LogP contribution is 2.26. The maximum Gasteiger partial charge on any atom is 0.160 e. The van der Waals surface area contributed by atoms with Gasteiger partial charge in [-0.3, -0.25) is 4.79 Å². The first-order valence-electron chi connectivity index (χ1n) is 4.19. The van der Waals surface area contributed by atoms with E-state index in [2.05, 4.69) is 15.9 Å². The zero-order valence-corrected chi connectivity index (χ0v) is 10.2. The molecule has 0 radical (unpaired) electrons. The highest BCUT2D eigenvalue weighted by Gasteiger charge is 2.07. The predicted octanol–water partition coefficient (Wildman–Crippen LogP) is 2.74. The molecule has 0 unspecified atom stereocenters. The smallest absolute Gasteiger partial charge is 0.160 e. The highest BCUT2D eigenvalue weighted by atomic mass is 79.9. The molecule has 0 saturated carbocycles. The normalized spacial score (nSPS) is 10.2. The molecule has 0 fully saturated rings. The predicted molar refractivity (Wildman–Crippen MR) is 62.0 cm³/mol. The summed E-state index contributed by atoms with van der Waals surface area (Å²) in [5.41, 5.74) is 0.706. The maximum atomic E-state index is 11.3.